The van der Waals surface area contributed by atoms with Gasteiger partial charge >= 0.3 is 0 Å². The van der Waals surface area contributed by atoms with Crippen molar-refractivity contribution in [2.24, 2.45) is 5.92 Å². The summed E-state index contributed by atoms with van der Waals surface area (Å²) in [5.74, 6) is -0.0350. The van der Waals surface area contributed by atoms with E-state index in [0.29, 0.717) is 11.6 Å². The lowest BCUT2D eigenvalue weighted by Crippen LogP contribution is -2.64. The van der Waals surface area contributed by atoms with Gasteiger partial charge < -0.3 is 10.2 Å². The number of nitrogens with zero attached hydrogens (tertiary/aromatic N) is 1. The third-order valence-corrected chi connectivity index (χ3v) is 4.85. The Hall–Kier alpha value is -1.16. The van der Waals surface area contributed by atoms with Crippen LogP contribution in [0, 0.1) is 17.6 Å². The van der Waals surface area contributed by atoms with Crippen molar-refractivity contribution in [2.45, 2.75) is 44.7 Å². The minimum Gasteiger partial charge on any atom is -0.363 e. The molecule has 1 saturated carbocycles. The molecular weight excluding hydrogens is 258 g/mol. The third-order valence-electron chi connectivity index (χ3n) is 4.85. The molecule has 1 aliphatic heterocycles. The van der Waals surface area contributed by atoms with Crippen LogP contribution >= 0.6 is 0 Å². The molecule has 20 heavy (non-hydrogen) atoms. The van der Waals surface area contributed by atoms with E-state index in [1.807, 2.05) is 0 Å². The Labute approximate surface area is 119 Å². The van der Waals surface area contributed by atoms with Gasteiger partial charge in [-0.3, -0.25) is 0 Å². The lowest BCUT2D eigenvalue weighted by atomic mass is 9.90. The van der Waals surface area contributed by atoms with E-state index in [0.717, 1.165) is 19.5 Å². The normalized spacial score (nSPS) is 30.6. The second-order valence-electron chi connectivity index (χ2n) is 6.36. The third kappa shape index (κ3) is 2.41. The van der Waals surface area contributed by atoms with Crippen LogP contribution in [0.5, 0.6) is 0 Å². The smallest absolute Gasteiger partial charge is 0.146 e. The summed E-state index contributed by atoms with van der Waals surface area (Å²) in [6.07, 6.45) is 3.39. The first kappa shape index (κ1) is 13.8. The van der Waals surface area contributed by atoms with Crippen LogP contribution in [-0.2, 0) is 0 Å². The lowest BCUT2D eigenvalue weighted by Gasteiger charge is -2.47. The molecule has 2 atom stereocenters. The Morgan fingerprint density at radius 2 is 2.10 bits per heavy atom. The van der Waals surface area contributed by atoms with Crippen molar-refractivity contribution in [3.8, 4) is 0 Å². The fraction of sp³-hybridized carbons (Fsp3) is 0.625. The molecule has 1 aliphatic carbocycles. The highest BCUT2D eigenvalue weighted by atomic mass is 19.1. The fourth-order valence-corrected chi connectivity index (χ4v) is 3.35. The Bertz CT molecular complexity index is 501. The van der Waals surface area contributed by atoms with Crippen molar-refractivity contribution in [1.29, 1.82) is 0 Å². The summed E-state index contributed by atoms with van der Waals surface area (Å²) in [7, 11) is 0. The second kappa shape index (κ2) is 4.99. The lowest BCUT2D eigenvalue weighted by molar-refractivity contribution is 0.251. The molecule has 0 aromatic heterocycles. The zero-order valence-electron chi connectivity index (χ0n) is 12.1. The molecule has 1 saturated heterocycles. The molecule has 1 heterocycles. The van der Waals surface area contributed by atoms with E-state index in [-0.39, 0.29) is 23.2 Å². The summed E-state index contributed by atoms with van der Waals surface area (Å²) in [6, 6.07) is 3.96. The molecule has 1 aromatic carbocycles. The molecule has 2 unspecified atom stereocenters. The maximum absolute atomic E-state index is 14.1. The predicted octanol–water partition coefficient (Wildman–Crippen LogP) is 3.32. The van der Waals surface area contributed by atoms with Gasteiger partial charge in [0.15, 0.2) is 0 Å². The van der Waals surface area contributed by atoms with E-state index in [1.54, 1.807) is 0 Å². The van der Waals surface area contributed by atoms with Gasteiger partial charge in [0.1, 0.15) is 11.6 Å². The molecule has 2 aliphatic rings. The molecule has 1 N–H and O–H groups in total. The van der Waals surface area contributed by atoms with Crippen molar-refractivity contribution in [3.05, 3.63) is 29.8 Å². The molecule has 0 amide bonds. The number of anilines is 1. The zero-order chi connectivity index (χ0) is 14.3. The van der Waals surface area contributed by atoms with Crippen molar-refractivity contribution >= 4 is 5.69 Å². The van der Waals surface area contributed by atoms with E-state index in [4.69, 9.17) is 0 Å². The first-order valence-corrected chi connectivity index (χ1v) is 7.50. The summed E-state index contributed by atoms with van der Waals surface area (Å²) < 4.78 is 27.6. The van der Waals surface area contributed by atoms with Crippen LogP contribution in [0.1, 0.15) is 33.1 Å². The van der Waals surface area contributed by atoms with Gasteiger partial charge in [-0.15, -0.1) is 0 Å². The number of piperazine rings is 1. The molecule has 0 bridgehead atoms. The monoisotopic (exact) mass is 280 g/mol. The summed E-state index contributed by atoms with van der Waals surface area (Å²) in [6.45, 7) is 5.88. The van der Waals surface area contributed by atoms with Gasteiger partial charge in [-0.25, -0.2) is 8.78 Å². The molecule has 110 valence electrons. The van der Waals surface area contributed by atoms with Gasteiger partial charge in [-0.05, 0) is 44.2 Å². The fourth-order valence-electron chi connectivity index (χ4n) is 3.35. The summed E-state index contributed by atoms with van der Waals surface area (Å²) in [5.41, 5.74) is 0.426. The van der Waals surface area contributed by atoms with E-state index in [9.17, 15) is 8.78 Å². The van der Waals surface area contributed by atoms with Crippen LogP contribution in [0.3, 0.4) is 0 Å². The van der Waals surface area contributed by atoms with Crippen molar-refractivity contribution in [3.63, 3.8) is 0 Å². The van der Waals surface area contributed by atoms with Crippen LogP contribution in [0.4, 0.5) is 14.5 Å². The Morgan fingerprint density at radius 3 is 2.75 bits per heavy atom. The van der Waals surface area contributed by atoms with Gasteiger partial charge in [0.2, 0.25) is 0 Å². The largest absolute Gasteiger partial charge is 0.363 e. The standard InChI is InChI=1S/C16H22F2N2/c1-3-13-9-19-16(2,11-4-5-11)10-20(13)15-8-12(17)6-7-14(15)18/h6-8,11,13,19H,3-5,9-10H2,1-2H3. The zero-order valence-corrected chi connectivity index (χ0v) is 12.1. The van der Waals surface area contributed by atoms with Crippen LogP contribution in [0.15, 0.2) is 18.2 Å². The maximum Gasteiger partial charge on any atom is 0.146 e. The first-order valence-electron chi connectivity index (χ1n) is 7.50. The van der Waals surface area contributed by atoms with Gasteiger partial charge in [-0.1, -0.05) is 6.92 Å². The molecule has 1 aromatic rings. The predicted molar refractivity (Wildman–Crippen MR) is 76.9 cm³/mol. The quantitative estimate of drug-likeness (QED) is 0.913. The topological polar surface area (TPSA) is 15.3 Å². The van der Waals surface area contributed by atoms with E-state index in [2.05, 4.69) is 24.1 Å². The van der Waals surface area contributed by atoms with Crippen molar-refractivity contribution in [2.75, 3.05) is 18.0 Å². The molecule has 0 spiro atoms. The van der Waals surface area contributed by atoms with E-state index in [1.165, 1.54) is 31.0 Å². The minimum atomic E-state index is -0.372. The van der Waals surface area contributed by atoms with Crippen LogP contribution in [0.25, 0.3) is 0 Å². The SMILES string of the molecule is CCC1CNC(C)(C2CC2)CN1c1cc(F)ccc1F. The van der Waals surface area contributed by atoms with Crippen LogP contribution in [-0.4, -0.2) is 24.7 Å². The number of hydrogen-bond acceptors (Lipinski definition) is 2. The number of hydrogen-bond donors (Lipinski definition) is 1. The summed E-state index contributed by atoms with van der Waals surface area (Å²) in [4.78, 5) is 2.06. The average Bonchev–Trinajstić information content (AvgIpc) is 3.26. The molecule has 0 radical (unpaired) electrons. The second-order valence-corrected chi connectivity index (χ2v) is 6.36. The van der Waals surface area contributed by atoms with Gasteiger partial charge in [-0.2, -0.15) is 0 Å². The highest BCUT2D eigenvalue weighted by molar-refractivity contribution is 5.50. The number of rotatable bonds is 3. The molecule has 2 nitrogen and oxygen atoms in total. The van der Waals surface area contributed by atoms with E-state index < -0.39 is 0 Å². The van der Waals surface area contributed by atoms with Crippen LogP contribution in [0.2, 0.25) is 0 Å². The molecular formula is C16H22F2N2. The van der Waals surface area contributed by atoms with Crippen LogP contribution < -0.4 is 10.2 Å². The minimum absolute atomic E-state index is 0.0183. The van der Waals surface area contributed by atoms with E-state index >= 15 is 0 Å². The summed E-state index contributed by atoms with van der Waals surface area (Å²) in [5, 5.41) is 3.63. The Balaban J connectivity index is 1.92. The number of halogens is 2. The van der Waals surface area contributed by atoms with Gasteiger partial charge in [0.05, 0.1) is 5.69 Å². The maximum atomic E-state index is 14.1. The van der Waals surface area contributed by atoms with Crippen molar-refractivity contribution in [1.82, 2.24) is 5.32 Å². The Kier molecular flexibility index (Phi) is 3.44. The van der Waals surface area contributed by atoms with Gasteiger partial charge in [0, 0.05) is 30.7 Å². The summed E-state index contributed by atoms with van der Waals surface area (Å²) >= 11 is 0. The molecule has 3 rings (SSSR count). The molecule has 2 fully saturated rings. The number of benzene rings is 1. The number of nitrogens with one attached hydrogen (secondary N) is 1. The Morgan fingerprint density at radius 1 is 1.35 bits per heavy atom. The van der Waals surface area contributed by atoms with Gasteiger partial charge in [0.25, 0.3) is 0 Å². The first-order chi connectivity index (χ1) is 9.53. The average molecular weight is 280 g/mol. The highest BCUT2D eigenvalue weighted by Gasteiger charge is 2.46. The van der Waals surface area contributed by atoms with Crippen molar-refractivity contribution < 1.29 is 8.78 Å². The molecule has 4 heteroatoms. The highest BCUT2D eigenvalue weighted by Crippen LogP contribution is 2.42.